The average molecular weight is 399 g/mol. The topological polar surface area (TPSA) is 73.0 Å². The monoisotopic (exact) mass is 399 g/mol. The highest BCUT2D eigenvalue weighted by Crippen LogP contribution is 2.28. The second-order valence-electron chi connectivity index (χ2n) is 7.02. The molecule has 1 unspecified atom stereocenters. The van der Waals surface area contributed by atoms with Crippen molar-refractivity contribution in [2.45, 2.75) is 44.2 Å². The van der Waals surface area contributed by atoms with Crippen molar-refractivity contribution < 1.29 is 22.4 Å². The van der Waals surface area contributed by atoms with Crippen LogP contribution in [-0.2, 0) is 23.9 Å². The number of carbonyl (C=O) groups is 1. The highest BCUT2D eigenvalue weighted by molar-refractivity contribution is 5.81. The molecule has 1 amide bonds. The van der Waals surface area contributed by atoms with Crippen molar-refractivity contribution in [3.8, 4) is 0 Å². The number of alkyl halides is 4. The number of aromatic nitrogens is 4. The Labute approximate surface area is 156 Å². The molecule has 1 saturated heterocycles. The predicted octanol–water partition coefficient (Wildman–Crippen LogP) is 1.56. The van der Waals surface area contributed by atoms with Gasteiger partial charge in [-0.2, -0.15) is 18.3 Å². The molecular formula is C17H17F4N5O2. The Balaban J connectivity index is 1.57. The molecule has 4 heterocycles. The number of hydrogen-bond acceptors (Lipinski definition) is 4. The number of pyridine rings is 1. The second kappa shape index (κ2) is 6.71. The molecule has 0 bridgehead atoms. The van der Waals surface area contributed by atoms with Crippen LogP contribution in [0.5, 0.6) is 0 Å². The number of rotatable bonds is 3. The number of aryl methyl sites for hydroxylation is 1. The van der Waals surface area contributed by atoms with Gasteiger partial charge in [-0.1, -0.05) is 6.07 Å². The van der Waals surface area contributed by atoms with Gasteiger partial charge in [-0.15, -0.1) is 0 Å². The van der Waals surface area contributed by atoms with Crippen LogP contribution < -0.4 is 5.69 Å². The maximum atomic E-state index is 13.1. The second-order valence-corrected chi connectivity index (χ2v) is 7.02. The van der Waals surface area contributed by atoms with E-state index in [4.69, 9.17) is 0 Å². The Morgan fingerprint density at radius 1 is 1.25 bits per heavy atom. The van der Waals surface area contributed by atoms with Crippen molar-refractivity contribution in [2.75, 3.05) is 13.1 Å². The number of hydrogen-bond donors (Lipinski definition) is 0. The Hall–Kier alpha value is -2.72. The Bertz CT molecular complexity index is 944. The first-order chi connectivity index (χ1) is 13.2. The SMILES string of the molecule is O=C(C1CCCc2nn(Cc3ccc(C(F)(F)F)nc3)c(=O)n21)N1CC(F)C1. The highest BCUT2D eigenvalue weighted by atomic mass is 19.4. The molecule has 0 N–H and O–H groups in total. The van der Waals surface area contributed by atoms with Gasteiger partial charge >= 0.3 is 11.9 Å². The molecule has 0 aromatic carbocycles. The number of fused-ring (bicyclic) bond motifs is 1. The molecule has 1 fully saturated rings. The van der Waals surface area contributed by atoms with Gasteiger partial charge in [-0.3, -0.25) is 14.3 Å². The molecule has 11 heteroatoms. The summed E-state index contributed by atoms with van der Waals surface area (Å²) in [6, 6.07) is 1.37. The van der Waals surface area contributed by atoms with Crippen LogP contribution >= 0.6 is 0 Å². The maximum Gasteiger partial charge on any atom is 0.433 e. The minimum absolute atomic E-state index is 0.0325. The zero-order chi connectivity index (χ0) is 20.1. The molecule has 2 aromatic rings. The number of likely N-dealkylation sites (tertiary alicyclic amines) is 1. The van der Waals surface area contributed by atoms with Crippen molar-refractivity contribution >= 4 is 5.91 Å². The fraction of sp³-hybridized carbons (Fsp3) is 0.529. The third kappa shape index (κ3) is 3.29. The first-order valence-corrected chi connectivity index (χ1v) is 8.87. The van der Waals surface area contributed by atoms with Crippen LogP contribution in [0.15, 0.2) is 23.1 Å². The predicted molar refractivity (Wildman–Crippen MR) is 88.3 cm³/mol. The maximum absolute atomic E-state index is 13.1. The van der Waals surface area contributed by atoms with E-state index < -0.39 is 29.8 Å². The summed E-state index contributed by atoms with van der Waals surface area (Å²) in [7, 11) is 0. The normalized spacial score (nSPS) is 20.0. The van der Waals surface area contributed by atoms with E-state index >= 15 is 0 Å². The third-order valence-corrected chi connectivity index (χ3v) is 5.01. The first-order valence-electron chi connectivity index (χ1n) is 8.87. The van der Waals surface area contributed by atoms with E-state index in [-0.39, 0.29) is 25.5 Å². The largest absolute Gasteiger partial charge is 0.433 e. The van der Waals surface area contributed by atoms with Gasteiger partial charge in [0.2, 0.25) is 5.91 Å². The fourth-order valence-electron chi connectivity index (χ4n) is 3.54. The molecule has 28 heavy (non-hydrogen) atoms. The minimum atomic E-state index is -4.54. The molecule has 2 aliphatic heterocycles. The van der Waals surface area contributed by atoms with Gasteiger partial charge in [-0.05, 0) is 24.5 Å². The van der Waals surface area contributed by atoms with E-state index in [1.165, 1.54) is 15.5 Å². The Morgan fingerprint density at radius 3 is 2.61 bits per heavy atom. The summed E-state index contributed by atoms with van der Waals surface area (Å²) >= 11 is 0. The molecule has 7 nitrogen and oxygen atoms in total. The van der Waals surface area contributed by atoms with Gasteiger partial charge in [0.1, 0.15) is 23.7 Å². The summed E-state index contributed by atoms with van der Waals surface area (Å²) < 4.78 is 53.4. The lowest BCUT2D eigenvalue weighted by Gasteiger charge is -2.37. The van der Waals surface area contributed by atoms with E-state index in [1.54, 1.807) is 0 Å². The van der Waals surface area contributed by atoms with Gasteiger partial charge in [0.05, 0.1) is 19.6 Å². The smallest absolute Gasteiger partial charge is 0.335 e. The molecule has 4 rings (SSSR count). The van der Waals surface area contributed by atoms with Crippen LogP contribution in [0.2, 0.25) is 0 Å². The van der Waals surface area contributed by atoms with Crippen LogP contribution in [0.1, 0.15) is 36.0 Å². The van der Waals surface area contributed by atoms with E-state index in [1.807, 2.05) is 0 Å². The van der Waals surface area contributed by atoms with E-state index in [0.717, 1.165) is 16.9 Å². The number of amides is 1. The van der Waals surface area contributed by atoms with Gasteiger partial charge in [0.25, 0.3) is 0 Å². The molecule has 2 aliphatic rings. The zero-order valence-corrected chi connectivity index (χ0v) is 14.7. The molecule has 150 valence electrons. The van der Waals surface area contributed by atoms with Gasteiger partial charge < -0.3 is 4.90 Å². The van der Waals surface area contributed by atoms with Gasteiger partial charge in [0.15, 0.2) is 0 Å². The zero-order valence-electron chi connectivity index (χ0n) is 14.7. The third-order valence-electron chi connectivity index (χ3n) is 5.01. The van der Waals surface area contributed by atoms with Crippen molar-refractivity contribution in [2.24, 2.45) is 0 Å². The first kappa shape index (κ1) is 18.6. The number of halogens is 4. The van der Waals surface area contributed by atoms with E-state index in [9.17, 15) is 27.2 Å². The van der Waals surface area contributed by atoms with Crippen LogP contribution in [0.25, 0.3) is 0 Å². The van der Waals surface area contributed by atoms with Crippen molar-refractivity contribution in [1.82, 2.24) is 24.2 Å². The molecule has 0 saturated carbocycles. The molecular weight excluding hydrogens is 382 g/mol. The van der Waals surface area contributed by atoms with Crippen LogP contribution in [0.3, 0.4) is 0 Å². The fourth-order valence-corrected chi connectivity index (χ4v) is 3.54. The standard InChI is InChI=1S/C17H17F4N5O2/c18-11-8-24(9-11)15(27)12-2-1-3-14-23-25(16(28)26(12)14)7-10-4-5-13(22-6-10)17(19,20)21/h4-6,11-12H,1-3,7-9H2. The summed E-state index contributed by atoms with van der Waals surface area (Å²) in [5, 5.41) is 4.24. The highest BCUT2D eigenvalue weighted by Gasteiger charge is 2.38. The van der Waals surface area contributed by atoms with Crippen LogP contribution in [0.4, 0.5) is 17.6 Å². The summed E-state index contributed by atoms with van der Waals surface area (Å²) in [6.07, 6.45) is -2.86. The van der Waals surface area contributed by atoms with E-state index in [2.05, 4.69) is 10.1 Å². The quantitative estimate of drug-likeness (QED) is 0.735. The molecule has 0 aliphatic carbocycles. The van der Waals surface area contributed by atoms with Crippen molar-refractivity contribution in [3.63, 3.8) is 0 Å². The lowest BCUT2D eigenvalue weighted by Crippen LogP contribution is -2.54. The summed E-state index contributed by atoms with van der Waals surface area (Å²) in [6.45, 7) is 0.0106. The number of nitrogens with zero attached hydrogens (tertiary/aromatic N) is 5. The van der Waals surface area contributed by atoms with Gasteiger partial charge in [-0.25, -0.2) is 13.9 Å². The number of carbonyl (C=O) groups excluding carboxylic acids is 1. The average Bonchev–Trinajstić information content (AvgIpc) is 2.94. The van der Waals surface area contributed by atoms with E-state index in [0.29, 0.717) is 30.7 Å². The summed E-state index contributed by atoms with van der Waals surface area (Å²) in [4.78, 5) is 30.1. The lowest BCUT2D eigenvalue weighted by molar-refractivity contribution is -0.142. The van der Waals surface area contributed by atoms with Gasteiger partial charge in [0, 0.05) is 12.6 Å². The molecule has 0 spiro atoms. The van der Waals surface area contributed by atoms with Crippen molar-refractivity contribution in [1.29, 1.82) is 0 Å². The molecule has 2 aromatic heterocycles. The summed E-state index contributed by atoms with van der Waals surface area (Å²) in [5.41, 5.74) is -1.14. The van der Waals surface area contributed by atoms with Crippen molar-refractivity contribution in [3.05, 3.63) is 45.9 Å². The Morgan fingerprint density at radius 2 is 2.00 bits per heavy atom. The lowest BCUT2D eigenvalue weighted by atomic mass is 10.0. The minimum Gasteiger partial charge on any atom is -0.335 e. The molecule has 0 radical (unpaired) electrons. The van der Waals surface area contributed by atoms with Crippen LogP contribution in [-0.4, -0.2) is 49.4 Å². The van der Waals surface area contributed by atoms with Crippen LogP contribution in [0, 0.1) is 0 Å². The summed E-state index contributed by atoms with van der Waals surface area (Å²) in [5.74, 6) is 0.152. The Kier molecular flexibility index (Phi) is 4.47. The molecule has 1 atom stereocenters.